The molecule has 1 saturated heterocycles. The third-order valence-corrected chi connectivity index (χ3v) is 5.84. The summed E-state index contributed by atoms with van der Waals surface area (Å²) >= 11 is 0. The van der Waals surface area contributed by atoms with Gasteiger partial charge in [0.1, 0.15) is 5.82 Å². The third kappa shape index (κ3) is 2.87. The molecule has 1 N–H and O–H groups in total. The van der Waals surface area contributed by atoms with E-state index in [1.54, 1.807) is 0 Å². The normalized spacial score (nSPS) is 16.2. The summed E-state index contributed by atoms with van der Waals surface area (Å²) in [7, 11) is 0. The van der Waals surface area contributed by atoms with Crippen LogP contribution in [0.5, 0.6) is 0 Å². The van der Waals surface area contributed by atoms with E-state index in [0.29, 0.717) is 6.54 Å². The topological polar surface area (TPSA) is 50.2 Å². The number of imidazole rings is 1. The zero-order valence-electron chi connectivity index (χ0n) is 16.1. The lowest BCUT2D eigenvalue weighted by Gasteiger charge is -2.21. The van der Waals surface area contributed by atoms with Crippen LogP contribution in [0.15, 0.2) is 48.8 Å². The Balaban J connectivity index is 1.52. The van der Waals surface area contributed by atoms with E-state index in [1.165, 1.54) is 24.1 Å². The largest absolute Gasteiger partial charge is 0.371 e. The van der Waals surface area contributed by atoms with E-state index >= 15 is 0 Å². The predicted molar refractivity (Wildman–Crippen MR) is 111 cm³/mol. The van der Waals surface area contributed by atoms with Gasteiger partial charge >= 0.3 is 0 Å². The van der Waals surface area contributed by atoms with Crippen molar-refractivity contribution in [2.45, 2.75) is 26.2 Å². The van der Waals surface area contributed by atoms with Crippen LogP contribution in [0.25, 0.3) is 17.1 Å². The molecule has 1 aromatic heterocycles. The number of anilines is 1. The fraction of sp³-hybridized carbons (Fsp3) is 0.304. The van der Waals surface area contributed by atoms with Gasteiger partial charge in [0.25, 0.3) is 5.91 Å². The molecule has 142 valence electrons. The van der Waals surface area contributed by atoms with Gasteiger partial charge in [-0.2, -0.15) is 0 Å². The minimum absolute atomic E-state index is 0.00979. The molecular weight excluding hydrogens is 348 g/mol. The maximum absolute atomic E-state index is 12.2. The van der Waals surface area contributed by atoms with E-state index in [0.717, 1.165) is 47.7 Å². The van der Waals surface area contributed by atoms with E-state index in [1.807, 2.05) is 18.5 Å². The van der Waals surface area contributed by atoms with Crippen LogP contribution < -0.4 is 10.2 Å². The highest BCUT2D eigenvalue weighted by Gasteiger charge is 2.19. The minimum Gasteiger partial charge on any atom is -0.371 e. The van der Waals surface area contributed by atoms with Crippen molar-refractivity contribution >= 4 is 11.6 Å². The van der Waals surface area contributed by atoms with E-state index in [2.05, 4.69) is 57.0 Å². The number of aryl methyl sites for hydroxylation is 1. The lowest BCUT2D eigenvalue weighted by Crippen LogP contribution is -2.31. The van der Waals surface area contributed by atoms with Crippen LogP contribution in [0.3, 0.4) is 0 Å². The Hall–Kier alpha value is -3.08. The first kappa shape index (κ1) is 17.0. The number of hydrogen-bond acceptors (Lipinski definition) is 3. The van der Waals surface area contributed by atoms with Gasteiger partial charge < -0.3 is 10.2 Å². The first-order chi connectivity index (χ1) is 13.7. The summed E-state index contributed by atoms with van der Waals surface area (Å²) in [6.07, 6.45) is 7.21. The van der Waals surface area contributed by atoms with Crippen LogP contribution in [0.4, 0.5) is 5.69 Å². The molecule has 5 nitrogen and oxygen atoms in total. The first-order valence-corrected chi connectivity index (χ1v) is 10.0. The number of rotatable bonds is 3. The summed E-state index contributed by atoms with van der Waals surface area (Å²) in [6.45, 7) is 5.18. The second-order valence-electron chi connectivity index (χ2n) is 7.66. The summed E-state index contributed by atoms with van der Waals surface area (Å²) in [6, 6.07) is 12.7. The van der Waals surface area contributed by atoms with Crippen LogP contribution in [-0.4, -0.2) is 35.1 Å². The zero-order chi connectivity index (χ0) is 19.1. The summed E-state index contributed by atoms with van der Waals surface area (Å²) in [5.41, 5.74) is 6.53. The van der Waals surface area contributed by atoms with Crippen LogP contribution in [-0.2, 0) is 6.42 Å². The maximum Gasteiger partial charge on any atom is 0.251 e. The van der Waals surface area contributed by atoms with Crippen molar-refractivity contribution < 1.29 is 4.79 Å². The number of nitrogens with one attached hydrogen (secondary N) is 1. The molecule has 28 heavy (non-hydrogen) atoms. The fourth-order valence-corrected chi connectivity index (χ4v) is 4.38. The third-order valence-electron chi connectivity index (χ3n) is 5.84. The molecule has 1 fully saturated rings. The summed E-state index contributed by atoms with van der Waals surface area (Å²) in [5.74, 6) is 0.905. The second-order valence-corrected chi connectivity index (χ2v) is 7.66. The monoisotopic (exact) mass is 372 g/mol. The van der Waals surface area contributed by atoms with Gasteiger partial charge in [0.2, 0.25) is 0 Å². The van der Waals surface area contributed by atoms with Crippen molar-refractivity contribution in [1.82, 2.24) is 14.9 Å². The number of fused-ring (bicyclic) bond motifs is 1. The Morgan fingerprint density at radius 3 is 2.75 bits per heavy atom. The molecule has 5 rings (SSSR count). The van der Waals surface area contributed by atoms with Gasteiger partial charge in [0.05, 0.1) is 0 Å². The fourth-order valence-electron chi connectivity index (χ4n) is 4.38. The molecule has 0 aliphatic carbocycles. The number of carbonyl (C=O) groups is 1. The lowest BCUT2D eigenvalue weighted by atomic mass is 9.99. The molecule has 0 radical (unpaired) electrons. The predicted octanol–water partition coefficient (Wildman–Crippen LogP) is 3.73. The molecular formula is C23H24N4O. The number of amides is 1. The molecule has 3 heterocycles. The highest BCUT2D eigenvalue weighted by atomic mass is 16.1. The Bertz CT molecular complexity index is 1050. The van der Waals surface area contributed by atoms with E-state index < -0.39 is 0 Å². The van der Waals surface area contributed by atoms with Crippen molar-refractivity contribution in [2.75, 3.05) is 24.5 Å². The highest BCUT2D eigenvalue weighted by Crippen LogP contribution is 2.30. The van der Waals surface area contributed by atoms with Gasteiger partial charge in [-0.3, -0.25) is 9.36 Å². The van der Waals surface area contributed by atoms with E-state index in [-0.39, 0.29) is 5.91 Å². The molecule has 0 saturated carbocycles. The van der Waals surface area contributed by atoms with E-state index in [4.69, 9.17) is 0 Å². The van der Waals surface area contributed by atoms with Crippen molar-refractivity contribution in [3.8, 4) is 17.1 Å². The Labute approximate surface area is 165 Å². The van der Waals surface area contributed by atoms with Crippen molar-refractivity contribution in [3.63, 3.8) is 0 Å². The summed E-state index contributed by atoms with van der Waals surface area (Å²) < 4.78 is 2.06. The smallest absolute Gasteiger partial charge is 0.251 e. The quantitative estimate of drug-likeness (QED) is 0.762. The average molecular weight is 372 g/mol. The van der Waals surface area contributed by atoms with Gasteiger partial charge in [0, 0.05) is 54.5 Å². The van der Waals surface area contributed by atoms with Gasteiger partial charge in [-0.25, -0.2) is 4.98 Å². The molecule has 2 aliphatic heterocycles. The number of nitrogens with zero attached hydrogens (tertiary/aromatic N) is 3. The second kappa shape index (κ2) is 6.82. The molecule has 0 atom stereocenters. The lowest BCUT2D eigenvalue weighted by molar-refractivity contribution is 0.0946. The first-order valence-electron chi connectivity index (χ1n) is 10.0. The minimum atomic E-state index is 0.00979. The standard InChI is InChI=1S/C23H24N4O/c1-16-14-18(5-7-21(16)26-11-2-3-12-26)22-24-10-13-27(22)19-6-4-17-8-9-25-23(28)20(17)15-19/h4-7,10,13-15H,2-3,8-9,11-12H2,1H3,(H,25,28). The van der Waals surface area contributed by atoms with Crippen LogP contribution in [0.1, 0.15) is 34.3 Å². The maximum atomic E-state index is 12.2. The molecule has 2 aromatic carbocycles. The Morgan fingerprint density at radius 1 is 1.07 bits per heavy atom. The molecule has 0 unspecified atom stereocenters. The summed E-state index contributed by atoms with van der Waals surface area (Å²) in [4.78, 5) is 19.3. The SMILES string of the molecule is Cc1cc(-c2nccn2-c2ccc3c(c2)C(=O)NCC3)ccc1N1CCCC1. The molecule has 0 spiro atoms. The number of aromatic nitrogens is 2. The summed E-state index contributed by atoms with van der Waals surface area (Å²) in [5, 5.41) is 2.93. The van der Waals surface area contributed by atoms with Crippen LogP contribution in [0, 0.1) is 6.92 Å². The molecule has 0 bridgehead atoms. The Kier molecular flexibility index (Phi) is 4.15. The van der Waals surface area contributed by atoms with Gasteiger partial charge in [-0.15, -0.1) is 0 Å². The van der Waals surface area contributed by atoms with E-state index in [9.17, 15) is 4.79 Å². The molecule has 3 aromatic rings. The molecule has 1 amide bonds. The van der Waals surface area contributed by atoms with Crippen molar-refractivity contribution in [3.05, 3.63) is 65.5 Å². The highest BCUT2D eigenvalue weighted by molar-refractivity contribution is 5.97. The number of hydrogen-bond donors (Lipinski definition) is 1. The number of carbonyl (C=O) groups excluding carboxylic acids is 1. The van der Waals surface area contributed by atoms with Gasteiger partial charge in [-0.1, -0.05) is 6.07 Å². The van der Waals surface area contributed by atoms with Crippen molar-refractivity contribution in [2.24, 2.45) is 0 Å². The zero-order valence-corrected chi connectivity index (χ0v) is 16.1. The van der Waals surface area contributed by atoms with Crippen LogP contribution in [0.2, 0.25) is 0 Å². The molecule has 5 heteroatoms. The average Bonchev–Trinajstić information content (AvgIpc) is 3.40. The van der Waals surface area contributed by atoms with Crippen LogP contribution >= 0.6 is 0 Å². The van der Waals surface area contributed by atoms with Gasteiger partial charge in [-0.05, 0) is 67.6 Å². The molecule has 2 aliphatic rings. The van der Waals surface area contributed by atoms with Gasteiger partial charge in [0.15, 0.2) is 0 Å². The number of benzene rings is 2. The Morgan fingerprint density at radius 2 is 1.93 bits per heavy atom. The van der Waals surface area contributed by atoms with Crippen molar-refractivity contribution in [1.29, 1.82) is 0 Å².